The van der Waals surface area contributed by atoms with Gasteiger partial charge in [0.05, 0.1) is 29.7 Å². The van der Waals surface area contributed by atoms with Crippen LogP contribution in [0.2, 0.25) is 0 Å². The molecule has 0 spiro atoms. The van der Waals surface area contributed by atoms with Crippen LogP contribution in [0.25, 0.3) is 0 Å². The zero-order valence-corrected chi connectivity index (χ0v) is 22.0. The number of anilines is 1. The molecule has 2 aromatic rings. The molecule has 2 aliphatic heterocycles. The van der Waals surface area contributed by atoms with Gasteiger partial charge < -0.3 is 14.8 Å². The van der Waals surface area contributed by atoms with Crippen LogP contribution in [0.15, 0.2) is 52.3 Å². The van der Waals surface area contributed by atoms with E-state index in [4.69, 9.17) is 9.47 Å². The van der Waals surface area contributed by atoms with E-state index in [0.29, 0.717) is 37.4 Å². The summed E-state index contributed by atoms with van der Waals surface area (Å²) in [6.07, 6.45) is 2.34. The molecule has 0 bridgehead atoms. The van der Waals surface area contributed by atoms with E-state index in [0.717, 1.165) is 12.8 Å². The summed E-state index contributed by atoms with van der Waals surface area (Å²) in [6.45, 7) is 1.36. The van der Waals surface area contributed by atoms with Gasteiger partial charge in [0.1, 0.15) is 11.5 Å². The maximum atomic E-state index is 13.0. The van der Waals surface area contributed by atoms with Gasteiger partial charge in [0.15, 0.2) is 0 Å². The molecular weight excluding hydrogens is 506 g/mol. The van der Waals surface area contributed by atoms with E-state index in [1.54, 1.807) is 12.1 Å². The van der Waals surface area contributed by atoms with E-state index in [1.807, 2.05) is 0 Å². The number of rotatable bonds is 8. The summed E-state index contributed by atoms with van der Waals surface area (Å²) >= 11 is 0. The topological polar surface area (TPSA) is 122 Å². The Morgan fingerprint density at radius 3 is 1.94 bits per heavy atom. The highest BCUT2D eigenvalue weighted by Gasteiger charge is 2.33. The summed E-state index contributed by atoms with van der Waals surface area (Å²) in [5.41, 5.74) is 0.274. The SMILES string of the molecule is COc1ccc(S(=O)(=O)N2CCC(C(=O)Nc3cc(S(=O)(=O)N4CCCC4)ccc3OC)CC2)cc1. The molecule has 0 atom stereocenters. The minimum atomic E-state index is -3.68. The molecule has 0 aliphatic carbocycles. The highest BCUT2D eigenvalue weighted by atomic mass is 32.2. The highest BCUT2D eigenvalue weighted by molar-refractivity contribution is 7.89. The number of piperidine rings is 1. The molecule has 2 fully saturated rings. The van der Waals surface area contributed by atoms with Gasteiger partial charge >= 0.3 is 0 Å². The number of carbonyl (C=O) groups excluding carboxylic acids is 1. The van der Waals surface area contributed by atoms with Crippen LogP contribution in [0.3, 0.4) is 0 Å². The number of benzene rings is 2. The maximum Gasteiger partial charge on any atom is 0.243 e. The molecule has 2 saturated heterocycles. The zero-order chi connectivity index (χ0) is 25.9. The van der Waals surface area contributed by atoms with E-state index >= 15 is 0 Å². The van der Waals surface area contributed by atoms with Crippen LogP contribution in [0.5, 0.6) is 11.5 Å². The lowest BCUT2D eigenvalue weighted by molar-refractivity contribution is -0.120. The van der Waals surface area contributed by atoms with Crippen molar-refractivity contribution in [3.63, 3.8) is 0 Å². The molecule has 0 aromatic heterocycles. The summed E-state index contributed by atoms with van der Waals surface area (Å²) in [4.78, 5) is 13.3. The van der Waals surface area contributed by atoms with E-state index in [9.17, 15) is 21.6 Å². The van der Waals surface area contributed by atoms with E-state index in [1.165, 1.54) is 53.2 Å². The zero-order valence-electron chi connectivity index (χ0n) is 20.3. The summed E-state index contributed by atoms with van der Waals surface area (Å²) < 4.78 is 65.1. The van der Waals surface area contributed by atoms with Crippen molar-refractivity contribution in [2.45, 2.75) is 35.5 Å². The number of methoxy groups -OCH3 is 2. The number of hydrogen-bond acceptors (Lipinski definition) is 7. The second-order valence-electron chi connectivity index (χ2n) is 8.82. The second kappa shape index (κ2) is 10.8. The Morgan fingerprint density at radius 2 is 1.36 bits per heavy atom. The third-order valence-electron chi connectivity index (χ3n) is 6.65. The first-order valence-electron chi connectivity index (χ1n) is 11.8. The third kappa shape index (κ3) is 5.36. The molecule has 10 nitrogen and oxygen atoms in total. The molecule has 1 amide bonds. The van der Waals surface area contributed by atoms with Crippen LogP contribution in [0.1, 0.15) is 25.7 Å². The molecule has 4 rings (SSSR count). The molecule has 36 heavy (non-hydrogen) atoms. The van der Waals surface area contributed by atoms with Gasteiger partial charge in [0, 0.05) is 32.1 Å². The quantitative estimate of drug-likeness (QED) is 0.549. The third-order valence-corrected chi connectivity index (χ3v) is 10.5. The summed E-state index contributed by atoms with van der Waals surface area (Å²) in [7, 11) is -4.38. The van der Waals surface area contributed by atoms with Gasteiger partial charge in [-0.2, -0.15) is 8.61 Å². The molecule has 0 unspecified atom stereocenters. The number of nitrogens with one attached hydrogen (secondary N) is 1. The smallest absolute Gasteiger partial charge is 0.243 e. The van der Waals surface area contributed by atoms with Crippen LogP contribution in [-0.2, 0) is 24.8 Å². The van der Waals surface area contributed by atoms with Crippen LogP contribution in [-0.4, -0.2) is 71.8 Å². The second-order valence-corrected chi connectivity index (χ2v) is 12.7. The Hall–Kier alpha value is -2.67. The Bertz CT molecular complexity index is 1300. The minimum absolute atomic E-state index is 0.0981. The normalized spacial score (nSPS) is 18.2. The number of sulfonamides is 2. The van der Waals surface area contributed by atoms with Crippen LogP contribution < -0.4 is 14.8 Å². The summed E-state index contributed by atoms with van der Waals surface area (Å²) in [5, 5.41) is 2.80. The first-order chi connectivity index (χ1) is 17.2. The van der Waals surface area contributed by atoms with Crippen molar-refractivity contribution in [2.24, 2.45) is 5.92 Å². The summed E-state index contributed by atoms with van der Waals surface area (Å²) in [5.74, 6) is 0.196. The Labute approximate surface area is 212 Å². The lowest BCUT2D eigenvalue weighted by atomic mass is 9.97. The number of carbonyl (C=O) groups is 1. The van der Waals surface area contributed by atoms with Crippen molar-refractivity contribution in [3.8, 4) is 11.5 Å². The van der Waals surface area contributed by atoms with Crippen molar-refractivity contribution >= 4 is 31.6 Å². The van der Waals surface area contributed by atoms with Gasteiger partial charge in [-0.25, -0.2) is 16.8 Å². The predicted molar refractivity (Wildman–Crippen MR) is 134 cm³/mol. The Kier molecular flexibility index (Phi) is 7.88. The van der Waals surface area contributed by atoms with E-state index in [2.05, 4.69) is 5.32 Å². The van der Waals surface area contributed by atoms with Crippen molar-refractivity contribution in [2.75, 3.05) is 45.7 Å². The molecule has 0 saturated carbocycles. The van der Waals surface area contributed by atoms with Gasteiger partial charge in [0.2, 0.25) is 26.0 Å². The average Bonchev–Trinajstić information content (AvgIpc) is 3.45. The number of ether oxygens (including phenoxy) is 2. The summed E-state index contributed by atoms with van der Waals surface area (Å²) in [6, 6.07) is 10.6. The highest BCUT2D eigenvalue weighted by Crippen LogP contribution is 2.32. The van der Waals surface area contributed by atoms with E-state index in [-0.39, 0.29) is 34.5 Å². The monoisotopic (exact) mass is 537 g/mol. The largest absolute Gasteiger partial charge is 0.497 e. The van der Waals surface area contributed by atoms with Crippen LogP contribution in [0, 0.1) is 5.92 Å². The molecule has 12 heteroatoms. The molecule has 196 valence electrons. The Balaban J connectivity index is 1.43. The predicted octanol–water partition coefficient (Wildman–Crippen LogP) is 2.53. The van der Waals surface area contributed by atoms with Crippen molar-refractivity contribution in [1.82, 2.24) is 8.61 Å². The molecule has 0 radical (unpaired) electrons. The van der Waals surface area contributed by atoms with Crippen molar-refractivity contribution in [3.05, 3.63) is 42.5 Å². The van der Waals surface area contributed by atoms with Crippen molar-refractivity contribution < 1.29 is 31.1 Å². The number of amides is 1. The van der Waals surface area contributed by atoms with Gasteiger partial charge in [-0.3, -0.25) is 4.79 Å². The molecule has 2 aliphatic rings. The van der Waals surface area contributed by atoms with Crippen molar-refractivity contribution in [1.29, 1.82) is 0 Å². The molecule has 1 N–H and O–H groups in total. The van der Waals surface area contributed by atoms with Gasteiger partial charge in [-0.05, 0) is 68.1 Å². The standard InChI is InChI=1S/C24H31N3O7S2/c1-33-19-5-7-20(8-6-19)35(29,30)27-15-11-18(12-16-27)24(28)25-22-17-21(9-10-23(22)34-2)36(31,32)26-13-3-4-14-26/h5-10,17-18H,3-4,11-16H2,1-2H3,(H,25,28). The Morgan fingerprint density at radius 1 is 0.806 bits per heavy atom. The fourth-order valence-corrected chi connectivity index (χ4v) is 7.53. The van der Waals surface area contributed by atoms with Crippen LogP contribution >= 0.6 is 0 Å². The van der Waals surface area contributed by atoms with Gasteiger partial charge in [-0.1, -0.05) is 0 Å². The first kappa shape index (κ1) is 26.4. The van der Waals surface area contributed by atoms with Crippen LogP contribution in [0.4, 0.5) is 5.69 Å². The average molecular weight is 538 g/mol. The lowest BCUT2D eigenvalue weighted by Gasteiger charge is -2.30. The fraction of sp³-hybridized carbons (Fsp3) is 0.458. The van der Waals surface area contributed by atoms with Gasteiger partial charge in [0.25, 0.3) is 0 Å². The van der Waals surface area contributed by atoms with Gasteiger partial charge in [-0.15, -0.1) is 0 Å². The molecular formula is C24H31N3O7S2. The lowest BCUT2D eigenvalue weighted by Crippen LogP contribution is -2.41. The first-order valence-corrected chi connectivity index (χ1v) is 14.7. The number of nitrogens with zero attached hydrogens (tertiary/aromatic N) is 2. The fourth-order valence-electron chi connectivity index (χ4n) is 4.51. The molecule has 2 heterocycles. The van der Waals surface area contributed by atoms with E-state index < -0.39 is 26.0 Å². The minimum Gasteiger partial charge on any atom is -0.497 e. The number of hydrogen-bond donors (Lipinski definition) is 1. The molecule has 2 aromatic carbocycles. The maximum absolute atomic E-state index is 13.0.